The number of hydrogen-bond acceptors (Lipinski definition) is 4. The van der Waals surface area contributed by atoms with Crippen molar-refractivity contribution in [1.29, 1.82) is 0 Å². The molecule has 0 aromatic heterocycles. The van der Waals surface area contributed by atoms with Gasteiger partial charge >= 0.3 is 51.4 Å². The Labute approximate surface area is 192 Å². The number of Topliss-reactive ketones (excluding diaryl/α,β-unsaturated/α-hetero) is 1. The minimum Gasteiger partial charge on any atom is -1.00 e. The zero-order valence-electron chi connectivity index (χ0n) is 16.8. The summed E-state index contributed by atoms with van der Waals surface area (Å²) in [4.78, 5) is 11.9. The van der Waals surface area contributed by atoms with Gasteiger partial charge in [0, 0.05) is 13.0 Å². The number of unbranched alkanes of at least 4 members (excludes halogenated alkanes) is 10. The van der Waals surface area contributed by atoms with Crippen molar-refractivity contribution in [2.75, 3.05) is 13.6 Å². The van der Waals surface area contributed by atoms with Gasteiger partial charge < -0.3 is 6.74 Å². The van der Waals surface area contributed by atoms with Gasteiger partial charge in [0.15, 0.2) is 11.0 Å². The molecule has 7 heteroatoms. The summed E-state index contributed by atoms with van der Waals surface area (Å²) >= 11 is 0. The molecule has 0 rings (SSSR count). The van der Waals surface area contributed by atoms with E-state index in [1.54, 1.807) is 7.05 Å². The zero-order valence-corrected chi connectivity index (χ0v) is 19.8. The Bertz CT molecular complexity index is 407. The molecule has 0 aliphatic rings. The van der Waals surface area contributed by atoms with Gasteiger partial charge in [-0.15, -0.1) is 0 Å². The number of ketones is 1. The first-order chi connectivity index (χ1) is 10.9. The van der Waals surface area contributed by atoms with Crippen molar-refractivity contribution < 1.29 is 70.6 Å². The van der Waals surface area contributed by atoms with Gasteiger partial charge in [0.05, 0.1) is 0 Å². The van der Waals surface area contributed by atoms with Gasteiger partial charge in [-0.05, 0) is 13.5 Å². The average molecular weight is 390 g/mol. The molecule has 0 heterocycles. The molecule has 1 atom stereocenters. The minimum atomic E-state index is -4.30. The predicted octanol–water partition coefficient (Wildman–Crippen LogP) is 0.849. The predicted molar refractivity (Wildman–Crippen MR) is 96.5 cm³/mol. The average Bonchev–Trinajstić information content (AvgIpc) is 2.48. The van der Waals surface area contributed by atoms with Crippen LogP contribution < -0.4 is 56.7 Å². The van der Waals surface area contributed by atoms with Crippen LogP contribution in [0.15, 0.2) is 0 Å². The second kappa shape index (κ2) is 17.6. The molecule has 0 amide bonds. The first-order valence-electron chi connectivity index (χ1n) is 9.07. The maximum absolute atomic E-state index is 11.9. The van der Waals surface area contributed by atoms with E-state index in [1.165, 1.54) is 51.4 Å². The molecule has 0 spiro atoms. The van der Waals surface area contributed by atoms with E-state index in [1.807, 2.05) is 0 Å². The molecule has 0 radical (unpaired) electrons. The zero-order chi connectivity index (χ0) is 17.6. The third kappa shape index (κ3) is 15.4. The van der Waals surface area contributed by atoms with Crippen LogP contribution in [0.1, 0.15) is 85.4 Å². The SMILES string of the molecule is CCCCCCCCCCCCCC(=O)C(CNC)S(=O)(=O)O.[H-].[K+]. The maximum Gasteiger partial charge on any atom is 1.00 e. The second-order valence-electron chi connectivity index (χ2n) is 6.31. The minimum absolute atomic E-state index is 0. The Balaban J connectivity index is -0.00000242. The van der Waals surface area contributed by atoms with Gasteiger partial charge in [0.1, 0.15) is 0 Å². The summed E-state index contributed by atoms with van der Waals surface area (Å²) < 4.78 is 31.4. The molecule has 0 aromatic rings. The van der Waals surface area contributed by atoms with Crippen LogP contribution in [0.4, 0.5) is 0 Å². The first-order valence-corrected chi connectivity index (χ1v) is 10.6. The summed E-state index contributed by atoms with van der Waals surface area (Å²) in [5, 5.41) is 1.31. The summed E-state index contributed by atoms with van der Waals surface area (Å²) in [7, 11) is -2.74. The van der Waals surface area contributed by atoms with Crippen LogP contribution in [0, 0.1) is 0 Å². The molecule has 2 N–H and O–H groups in total. The fraction of sp³-hybridized carbons (Fsp3) is 0.941. The van der Waals surface area contributed by atoms with Crippen LogP contribution in [0.25, 0.3) is 0 Å². The van der Waals surface area contributed by atoms with Crippen molar-refractivity contribution >= 4 is 15.9 Å². The summed E-state index contributed by atoms with van der Waals surface area (Å²) in [6.07, 6.45) is 13.3. The van der Waals surface area contributed by atoms with E-state index in [0.717, 1.165) is 12.8 Å². The maximum atomic E-state index is 11.9. The Morgan fingerprint density at radius 3 is 1.75 bits per heavy atom. The van der Waals surface area contributed by atoms with E-state index in [4.69, 9.17) is 4.55 Å². The number of hydrogen-bond donors (Lipinski definition) is 2. The molecule has 0 aliphatic carbocycles. The Morgan fingerprint density at radius 2 is 1.38 bits per heavy atom. The molecule has 0 saturated carbocycles. The molecular formula is C17H36KNO4S. The van der Waals surface area contributed by atoms with Crippen LogP contribution >= 0.6 is 0 Å². The Hall–Kier alpha value is 1.18. The first kappa shape index (κ1) is 27.4. The van der Waals surface area contributed by atoms with E-state index >= 15 is 0 Å². The monoisotopic (exact) mass is 389 g/mol. The Kier molecular flexibility index (Phi) is 20.1. The number of carbonyl (C=O) groups excluding carboxylic acids is 1. The molecule has 0 fully saturated rings. The van der Waals surface area contributed by atoms with E-state index in [9.17, 15) is 13.2 Å². The number of carbonyl (C=O) groups is 1. The molecule has 24 heavy (non-hydrogen) atoms. The third-order valence-electron chi connectivity index (χ3n) is 4.13. The largest absolute Gasteiger partial charge is 1.00 e. The van der Waals surface area contributed by atoms with Crippen LogP contribution in [0.5, 0.6) is 0 Å². The summed E-state index contributed by atoms with van der Waals surface area (Å²) in [5.74, 6) is -0.391. The summed E-state index contributed by atoms with van der Waals surface area (Å²) in [6, 6.07) is 0. The summed E-state index contributed by atoms with van der Waals surface area (Å²) in [6.45, 7) is 2.19. The van der Waals surface area contributed by atoms with E-state index < -0.39 is 21.2 Å². The van der Waals surface area contributed by atoms with E-state index in [2.05, 4.69) is 12.2 Å². The molecule has 140 valence electrons. The second-order valence-corrected chi connectivity index (χ2v) is 7.91. The van der Waals surface area contributed by atoms with Crippen LogP contribution in [0.3, 0.4) is 0 Å². The molecule has 0 aromatic carbocycles. The van der Waals surface area contributed by atoms with Gasteiger partial charge in [-0.3, -0.25) is 9.35 Å². The topological polar surface area (TPSA) is 83.5 Å². The van der Waals surface area contributed by atoms with Crippen molar-refractivity contribution in [2.45, 2.75) is 89.2 Å². The van der Waals surface area contributed by atoms with Crippen LogP contribution in [-0.2, 0) is 14.9 Å². The van der Waals surface area contributed by atoms with Crippen LogP contribution in [-0.4, -0.2) is 37.6 Å². The molecule has 0 saturated heterocycles. The van der Waals surface area contributed by atoms with Gasteiger partial charge in [0.25, 0.3) is 10.1 Å². The normalized spacial score (nSPS) is 12.6. The van der Waals surface area contributed by atoms with Crippen molar-refractivity contribution in [2.24, 2.45) is 0 Å². The fourth-order valence-electron chi connectivity index (χ4n) is 2.70. The number of rotatable bonds is 16. The molecule has 0 bridgehead atoms. The van der Waals surface area contributed by atoms with Crippen molar-refractivity contribution in [3.8, 4) is 0 Å². The van der Waals surface area contributed by atoms with Crippen LogP contribution in [0.2, 0.25) is 0 Å². The smallest absolute Gasteiger partial charge is 1.00 e. The molecule has 5 nitrogen and oxygen atoms in total. The quantitative estimate of drug-likeness (QED) is 0.232. The van der Waals surface area contributed by atoms with Gasteiger partial charge in [-0.2, -0.15) is 8.42 Å². The van der Waals surface area contributed by atoms with E-state index in [0.29, 0.717) is 6.42 Å². The van der Waals surface area contributed by atoms with Crippen molar-refractivity contribution in [3.63, 3.8) is 0 Å². The molecular weight excluding hydrogens is 353 g/mol. The Morgan fingerprint density at radius 1 is 0.958 bits per heavy atom. The fourth-order valence-corrected chi connectivity index (χ4v) is 3.52. The van der Waals surface area contributed by atoms with Crippen molar-refractivity contribution in [3.05, 3.63) is 0 Å². The third-order valence-corrected chi connectivity index (χ3v) is 5.28. The van der Waals surface area contributed by atoms with Gasteiger partial charge in [-0.25, -0.2) is 0 Å². The van der Waals surface area contributed by atoms with Gasteiger partial charge in [-0.1, -0.05) is 71.1 Å². The summed E-state index contributed by atoms with van der Waals surface area (Å²) in [5.41, 5.74) is 0. The molecule has 1 unspecified atom stereocenters. The standard InChI is InChI=1S/C17H35NO4S.K.H/c1-3-4-5-6-7-8-9-10-11-12-13-14-16(19)17(15-18-2)23(20,21)22;;/h17-18H,3-15H2,1-2H3,(H,20,21,22);;/q;+1;-1. The number of nitrogens with one attached hydrogen (secondary N) is 1. The van der Waals surface area contributed by atoms with Crippen molar-refractivity contribution in [1.82, 2.24) is 5.32 Å². The molecule has 0 aliphatic heterocycles. The van der Waals surface area contributed by atoms with Gasteiger partial charge in [0.2, 0.25) is 0 Å². The van der Waals surface area contributed by atoms with E-state index in [-0.39, 0.29) is 65.8 Å².